The first-order valence-electron chi connectivity index (χ1n) is 9.56. The molecule has 3 heterocycles. The maximum Gasteiger partial charge on any atom is 0.273 e. The molecule has 1 atom stereocenters. The smallest absolute Gasteiger partial charge is 0.273 e. The average molecular weight is 389 g/mol. The summed E-state index contributed by atoms with van der Waals surface area (Å²) >= 11 is 1.53. The Bertz CT molecular complexity index is 786. The topological polar surface area (TPSA) is 39.7 Å². The lowest BCUT2D eigenvalue weighted by Gasteiger charge is -2.43. The van der Waals surface area contributed by atoms with Gasteiger partial charge in [-0.3, -0.25) is 9.69 Å². The van der Waals surface area contributed by atoms with Crippen LogP contribution in [0.25, 0.3) is 0 Å². The van der Waals surface area contributed by atoms with Crippen molar-refractivity contribution in [3.8, 4) is 0 Å². The van der Waals surface area contributed by atoms with Gasteiger partial charge in [-0.05, 0) is 44.0 Å². The minimum absolute atomic E-state index is 0.0639. The van der Waals surface area contributed by atoms with Crippen LogP contribution < -0.4 is 4.90 Å². The fourth-order valence-corrected chi connectivity index (χ4v) is 4.64. The zero-order chi connectivity index (χ0) is 18.8. The molecule has 0 bridgehead atoms. The molecule has 0 aliphatic carbocycles. The quantitative estimate of drug-likeness (QED) is 0.810. The van der Waals surface area contributed by atoms with Gasteiger partial charge in [0.1, 0.15) is 11.5 Å². The van der Waals surface area contributed by atoms with Gasteiger partial charge in [0, 0.05) is 56.4 Å². The van der Waals surface area contributed by atoms with Gasteiger partial charge in [0.05, 0.1) is 5.01 Å². The van der Waals surface area contributed by atoms with Crippen LogP contribution in [0.2, 0.25) is 0 Å². The second-order valence-electron chi connectivity index (χ2n) is 7.30. The normalized spacial score (nSPS) is 21.5. The molecular formula is C20H25FN4OS. The molecule has 1 unspecified atom stereocenters. The summed E-state index contributed by atoms with van der Waals surface area (Å²) in [5, 5.41) is 2.80. The third kappa shape index (κ3) is 4.14. The number of benzene rings is 1. The van der Waals surface area contributed by atoms with Crippen molar-refractivity contribution in [2.45, 2.75) is 25.8 Å². The van der Waals surface area contributed by atoms with E-state index in [4.69, 9.17) is 0 Å². The number of piperidine rings is 1. The third-order valence-corrected chi connectivity index (χ3v) is 6.32. The average Bonchev–Trinajstić information content (AvgIpc) is 3.14. The van der Waals surface area contributed by atoms with Crippen LogP contribution in [0.15, 0.2) is 29.6 Å². The lowest BCUT2D eigenvalue weighted by atomic mass is 10.0. The lowest BCUT2D eigenvalue weighted by molar-refractivity contribution is 0.0559. The monoisotopic (exact) mass is 388 g/mol. The molecule has 27 heavy (non-hydrogen) atoms. The summed E-state index contributed by atoms with van der Waals surface area (Å²) in [6, 6.07) is 7.15. The largest absolute Gasteiger partial charge is 0.369 e. The number of halogens is 1. The first-order valence-corrected chi connectivity index (χ1v) is 10.4. The van der Waals surface area contributed by atoms with Crippen molar-refractivity contribution >= 4 is 22.9 Å². The molecule has 7 heteroatoms. The third-order valence-electron chi connectivity index (χ3n) is 5.54. The highest BCUT2D eigenvalue weighted by molar-refractivity contribution is 7.09. The number of aromatic nitrogens is 1. The molecule has 0 N–H and O–H groups in total. The number of likely N-dealkylation sites (tertiary alicyclic amines) is 1. The number of thiazole rings is 1. The van der Waals surface area contributed by atoms with Crippen molar-refractivity contribution in [2.24, 2.45) is 0 Å². The molecule has 1 aromatic carbocycles. The Kier molecular flexibility index (Phi) is 5.41. The Morgan fingerprint density at radius 1 is 1.15 bits per heavy atom. The van der Waals surface area contributed by atoms with E-state index in [1.54, 1.807) is 0 Å². The number of hydrogen-bond acceptors (Lipinski definition) is 5. The van der Waals surface area contributed by atoms with E-state index in [9.17, 15) is 9.18 Å². The predicted octanol–water partition coefficient (Wildman–Crippen LogP) is 3.02. The van der Waals surface area contributed by atoms with E-state index in [0.29, 0.717) is 11.7 Å². The summed E-state index contributed by atoms with van der Waals surface area (Å²) in [6.07, 6.45) is 2.17. The molecule has 2 fully saturated rings. The highest BCUT2D eigenvalue weighted by atomic mass is 32.1. The number of aryl methyl sites for hydroxylation is 1. The molecule has 2 aliphatic heterocycles. The maximum absolute atomic E-state index is 13.1. The fourth-order valence-electron chi connectivity index (χ4n) is 4.06. The fraction of sp³-hybridized carbons (Fsp3) is 0.500. The molecule has 1 amide bonds. The maximum atomic E-state index is 13.1. The van der Waals surface area contributed by atoms with Gasteiger partial charge in [0.2, 0.25) is 0 Å². The molecule has 0 spiro atoms. The van der Waals surface area contributed by atoms with Crippen LogP contribution in [-0.4, -0.2) is 66.0 Å². The molecule has 1 aromatic heterocycles. The number of amides is 1. The van der Waals surface area contributed by atoms with Gasteiger partial charge < -0.3 is 9.80 Å². The lowest BCUT2D eigenvalue weighted by Crippen LogP contribution is -2.55. The van der Waals surface area contributed by atoms with Crippen LogP contribution in [0.1, 0.15) is 28.3 Å². The standard InChI is InChI=1S/C20H25FN4OS/c1-15-22-19(14-27-15)20(26)25-8-2-3-18(13-25)24-11-9-23(10-12-24)17-6-4-16(21)5-7-17/h4-7,14,18H,2-3,8-13H2,1H3. The van der Waals surface area contributed by atoms with E-state index in [2.05, 4.69) is 14.8 Å². The van der Waals surface area contributed by atoms with Gasteiger partial charge in [0.25, 0.3) is 5.91 Å². The molecule has 2 aliphatic rings. The summed E-state index contributed by atoms with van der Waals surface area (Å²) in [5.74, 6) is -0.131. The Morgan fingerprint density at radius 3 is 2.56 bits per heavy atom. The van der Waals surface area contributed by atoms with E-state index < -0.39 is 0 Å². The summed E-state index contributed by atoms with van der Waals surface area (Å²) < 4.78 is 13.1. The van der Waals surface area contributed by atoms with Gasteiger partial charge in [-0.2, -0.15) is 0 Å². The Balaban J connectivity index is 1.34. The van der Waals surface area contributed by atoms with E-state index in [1.165, 1.54) is 23.5 Å². The van der Waals surface area contributed by atoms with Gasteiger partial charge in [-0.1, -0.05) is 0 Å². The Labute approximate surface area is 163 Å². The zero-order valence-electron chi connectivity index (χ0n) is 15.6. The van der Waals surface area contributed by atoms with E-state index in [0.717, 1.165) is 62.8 Å². The van der Waals surface area contributed by atoms with Crippen molar-refractivity contribution in [1.82, 2.24) is 14.8 Å². The first kappa shape index (κ1) is 18.4. The van der Waals surface area contributed by atoms with Crippen molar-refractivity contribution < 1.29 is 9.18 Å². The molecule has 4 rings (SSSR count). The first-order chi connectivity index (χ1) is 13.1. The van der Waals surface area contributed by atoms with E-state index >= 15 is 0 Å². The van der Waals surface area contributed by atoms with Crippen molar-refractivity contribution in [1.29, 1.82) is 0 Å². The van der Waals surface area contributed by atoms with Gasteiger partial charge in [-0.25, -0.2) is 9.37 Å². The second-order valence-corrected chi connectivity index (χ2v) is 8.36. The van der Waals surface area contributed by atoms with Crippen LogP contribution in [-0.2, 0) is 0 Å². The molecular weight excluding hydrogens is 363 g/mol. The van der Waals surface area contributed by atoms with Gasteiger partial charge in [-0.15, -0.1) is 11.3 Å². The van der Waals surface area contributed by atoms with Gasteiger partial charge in [0.15, 0.2) is 0 Å². The predicted molar refractivity (Wildman–Crippen MR) is 106 cm³/mol. The van der Waals surface area contributed by atoms with Crippen LogP contribution in [0.4, 0.5) is 10.1 Å². The number of piperazine rings is 1. The second kappa shape index (κ2) is 7.94. The number of rotatable bonds is 3. The summed E-state index contributed by atoms with van der Waals surface area (Å²) in [7, 11) is 0. The highest BCUT2D eigenvalue weighted by Crippen LogP contribution is 2.22. The van der Waals surface area contributed by atoms with Crippen LogP contribution >= 0.6 is 11.3 Å². The van der Waals surface area contributed by atoms with E-state index in [-0.39, 0.29) is 11.7 Å². The van der Waals surface area contributed by atoms with Crippen LogP contribution in [0.3, 0.4) is 0 Å². The SMILES string of the molecule is Cc1nc(C(=O)N2CCCC(N3CCN(c4ccc(F)cc4)CC3)C2)cs1. The molecule has 2 aromatic rings. The van der Waals surface area contributed by atoms with E-state index in [1.807, 2.05) is 29.3 Å². The number of hydrogen-bond donors (Lipinski definition) is 0. The van der Waals surface area contributed by atoms with Crippen molar-refractivity contribution in [3.05, 3.63) is 46.2 Å². The Morgan fingerprint density at radius 2 is 1.89 bits per heavy atom. The van der Waals surface area contributed by atoms with Crippen molar-refractivity contribution in [3.63, 3.8) is 0 Å². The van der Waals surface area contributed by atoms with Gasteiger partial charge >= 0.3 is 0 Å². The summed E-state index contributed by atoms with van der Waals surface area (Å²) in [5.41, 5.74) is 1.66. The molecule has 2 saturated heterocycles. The number of anilines is 1. The zero-order valence-corrected chi connectivity index (χ0v) is 16.4. The van der Waals surface area contributed by atoms with Crippen molar-refractivity contribution in [2.75, 3.05) is 44.2 Å². The number of carbonyl (C=O) groups excluding carboxylic acids is 1. The Hall–Kier alpha value is -1.99. The number of carbonyl (C=O) groups is 1. The van der Waals surface area contributed by atoms with Crippen LogP contribution in [0.5, 0.6) is 0 Å². The minimum atomic E-state index is -0.195. The molecule has 5 nitrogen and oxygen atoms in total. The molecule has 144 valence electrons. The molecule has 0 radical (unpaired) electrons. The number of nitrogens with zero attached hydrogens (tertiary/aromatic N) is 4. The summed E-state index contributed by atoms with van der Waals surface area (Å²) in [6.45, 7) is 7.34. The minimum Gasteiger partial charge on any atom is -0.369 e. The molecule has 0 saturated carbocycles. The highest BCUT2D eigenvalue weighted by Gasteiger charge is 2.31. The summed E-state index contributed by atoms with van der Waals surface area (Å²) in [4.78, 5) is 23.9. The van der Waals surface area contributed by atoms with Crippen LogP contribution in [0, 0.1) is 12.7 Å².